The van der Waals surface area contributed by atoms with Crippen molar-refractivity contribution in [1.29, 1.82) is 0 Å². The van der Waals surface area contributed by atoms with E-state index in [1.54, 1.807) is 7.05 Å². The third-order valence-electron chi connectivity index (χ3n) is 2.54. The zero-order valence-corrected chi connectivity index (χ0v) is 10.5. The predicted octanol–water partition coefficient (Wildman–Crippen LogP) is 1.42. The Hall–Kier alpha value is -1.95. The van der Waals surface area contributed by atoms with Crippen molar-refractivity contribution < 1.29 is 9.41 Å². The molecule has 0 aromatic heterocycles. The molecule has 0 fully saturated rings. The second-order valence-electron chi connectivity index (χ2n) is 4.10. The SMILES string of the molecule is CNC(O[N+]1(C)N=Nc2ccccc21)=[N+](C)C. The van der Waals surface area contributed by atoms with Crippen LogP contribution in [0.2, 0.25) is 0 Å². The third kappa shape index (κ3) is 1.99. The molecule has 1 heterocycles. The summed E-state index contributed by atoms with van der Waals surface area (Å²) in [5.74, 6) is 0. The number of fused-ring (bicyclic) bond motifs is 1. The highest BCUT2D eigenvalue weighted by Crippen LogP contribution is 2.39. The van der Waals surface area contributed by atoms with Crippen molar-refractivity contribution in [2.24, 2.45) is 10.3 Å². The first-order valence-electron chi connectivity index (χ1n) is 5.38. The van der Waals surface area contributed by atoms with E-state index in [1.165, 1.54) is 0 Å². The molecule has 0 aliphatic carbocycles. The molecule has 1 N–H and O–H groups in total. The second kappa shape index (κ2) is 4.14. The number of hydroxylamine groups is 1. The van der Waals surface area contributed by atoms with E-state index in [-0.39, 0.29) is 4.76 Å². The van der Waals surface area contributed by atoms with Gasteiger partial charge < -0.3 is 0 Å². The molecule has 0 saturated carbocycles. The van der Waals surface area contributed by atoms with E-state index < -0.39 is 0 Å². The fraction of sp³-hybridized carbons (Fsp3) is 0.364. The van der Waals surface area contributed by atoms with Gasteiger partial charge in [0.25, 0.3) is 0 Å². The van der Waals surface area contributed by atoms with Crippen LogP contribution in [0.3, 0.4) is 0 Å². The van der Waals surface area contributed by atoms with Crippen molar-refractivity contribution >= 4 is 17.4 Å². The van der Waals surface area contributed by atoms with Crippen LogP contribution < -0.4 is 10.1 Å². The molecule has 2 rings (SSSR count). The Kier molecular flexibility index (Phi) is 2.81. The van der Waals surface area contributed by atoms with Crippen LogP contribution in [-0.4, -0.2) is 38.8 Å². The number of hydrogen-bond acceptors (Lipinski definition) is 3. The van der Waals surface area contributed by atoms with Crippen LogP contribution in [-0.2, 0) is 4.84 Å². The summed E-state index contributed by atoms with van der Waals surface area (Å²) < 4.78 is 1.81. The number of para-hydroxylation sites is 1. The van der Waals surface area contributed by atoms with E-state index in [2.05, 4.69) is 15.7 Å². The molecular formula is C11H17N5O+2. The molecule has 1 aromatic carbocycles. The zero-order chi connectivity index (χ0) is 12.5. The first-order valence-corrected chi connectivity index (χ1v) is 5.38. The van der Waals surface area contributed by atoms with Crippen LogP contribution >= 0.6 is 0 Å². The summed E-state index contributed by atoms with van der Waals surface area (Å²) in [6.07, 6.45) is 0. The molecule has 0 saturated heterocycles. The van der Waals surface area contributed by atoms with Gasteiger partial charge in [-0.2, -0.15) is 4.84 Å². The third-order valence-corrected chi connectivity index (χ3v) is 2.54. The minimum absolute atomic E-state index is 0.0372. The molecular weight excluding hydrogens is 218 g/mol. The Bertz CT molecular complexity index is 492. The Morgan fingerprint density at radius 1 is 1.35 bits per heavy atom. The average Bonchev–Trinajstić information content (AvgIpc) is 2.65. The standard InChI is InChI=1S/C11H16N5O/c1-12-11(15(2)3)17-16(4)10-8-6-5-7-9(10)13-14-16/h5-8H,1-4H3/q+1/p+1. The maximum absolute atomic E-state index is 5.84. The molecule has 90 valence electrons. The van der Waals surface area contributed by atoms with Crippen LogP contribution in [0.15, 0.2) is 34.6 Å². The molecule has 0 radical (unpaired) electrons. The lowest BCUT2D eigenvalue weighted by Gasteiger charge is -2.18. The van der Waals surface area contributed by atoms with E-state index in [1.807, 2.05) is 50.0 Å². The normalized spacial score (nSPS) is 20.9. The lowest BCUT2D eigenvalue weighted by Crippen LogP contribution is -2.45. The van der Waals surface area contributed by atoms with Crippen molar-refractivity contribution in [3.8, 4) is 0 Å². The number of benzene rings is 1. The summed E-state index contributed by atoms with van der Waals surface area (Å²) >= 11 is 0. The second-order valence-corrected chi connectivity index (χ2v) is 4.10. The van der Waals surface area contributed by atoms with Gasteiger partial charge in [-0.3, -0.25) is 0 Å². The van der Waals surface area contributed by atoms with Crippen molar-refractivity contribution in [2.75, 3.05) is 28.2 Å². The first kappa shape index (κ1) is 11.5. The molecule has 1 aliphatic rings. The molecule has 6 nitrogen and oxygen atoms in total. The monoisotopic (exact) mass is 235 g/mol. The molecule has 1 aromatic rings. The molecule has 6 heteroatoms. The van der Waals surface area contributed by atoms with Crippen LogP contribution in [0.4, 0.5) is 11.4 Å². The van der Waals surface area contributed by atoms with Gasteiger partial charge in [-0.05, 0) is 6.07 Å². The molecule has 0 amide bonds. The van der Waals surface area contributed by atoms with Crippen molar-refractivity contribution in [2.45, 2.75) is 0 Å². The minimum atomic E-state index is -0.0372. The molecule has 1 unspecified atom stereocenters. The van der Waals surface area contributed by atoms with E-state index >= 15 is 0 Å². The van der Waals surface area contributed by atoms with Crippen molar-refractivity contribution in [3.05, 3.63) is 24.3 Å². The van der Waals surface area contributed by atoms with Gasteiger partial charge in [0, 0.05) is 10.8 Å². The predicted molar refractivity (Wildman–Crippen MR) is 65.9 cm³/mol. The van der Waals surface area contributed by atoms with Gasteiger partial charge >= 0.3 is 6.02 Å². The van der Waals surface area contributed by atoms with E-state index in [9.17, 15) is 0 Å². The summed E-state index contributed by atoms with van der Waals surface area (Å²) in [5, 5.41) is 11.3. The average molecular weight is 235 g/mol. The summed E-state index contributed by atoms with van der Waals surface area (Å²) in [6.45, 7) is 0. The number of hydrogen-bond donors (Lipinski definition) is 1. The fourth-order valence-corrected chi connectivity index (χ4v) is 1.67. The maximum Gasteiger partial charge on any atom is 0.497 e. The first-order chi connectivity index (χ1) is 8.07. The number of amidine groups is 1. The van der Waals surface area contributed by atoms with E-state index in [0.717, 1.165) is 11.4 Å². The van der Waals surface area contributed by atoms with Crippen molar-refractivity contribution in [3.63, 3.8) is 0 Å². The summed E-state index contributed by atoms with van der Waals surface area (Å²) in [4.78, 5) is 5.84. The van der Waals surface area contributed by atoms with Gasteiger partial charge in [-0.25, -0.2) is 9.89 Å². The van der Waals surface area contributed by atoms with Crippen molar-refractivity contribution in [1.82, 2.24) is 10.1 Å². The maximum atomic E-state index is 5.84. The Balaban J connectivity index is 2.35. The zero-order valence-electron chi connectivity index (χ0n) is 10.5. The highest BCUT2D eigenvalue weighted by atomic mass is 16.8. The van der Waals surface area contributed by atoms with Crippen LogP contribution in [0.25, 0.3) is 0 Å². The molecule has 1 aliphatic heterocycles. The molecule has 1 atom stereocenters. The summed E-state index contributed by atoms with van der Waals surface area (Å²) in [7, 11) is 7.45. The molecule has 17 heavy (non-hydrogen) atoms. The van der Waals surface area contributed by atoms with Gasteiger partial charge in [0.05, 0.1) is 26.4 Å². The minimum Gasteiger partial charge on any atom is -0.240 e. The van der Waals surface area contributed by atoms with Gasteiger partial charge in [-0.15, -0.1) is 0 Å². The molecule has 0 bridgehead atoms. The van der Waals surface area contributed by atoms with Gasteiger partial charge in [-0.1, -0.05) is 17.2 Å². The van der Waals surface area contributed by atoms with Gasteiger partial charge in [0.2, 0.25) is 5.69 Å². The largest absolute Gasteiger partial charge is 0.497 e. The number of nitrogens with one attached hydrogen (secondary N) is 1. The number of quaternary nitrogens is 1. The summed E-state index contributed by atoms with van der Waals surface area (Å²) in [6, 6.07) is 8.38. The lowest BCUT2D eigenvalue weighted by atomic mass is 10.3. The van der Waals surface area contributed by atoms with Crippen LogP contribution in [0.1, 0.15) is 0 Å². The van der Waals surface area contributed by atoms with Crippen LogP contribution in [0.5, 0.6) is 0 Å². The topological polar surface area (TPSA) is 49.0 Å². The Morgan fingerprint density at radius 2 is 2.06 bits per heavy atom. The Morgan fingerprint density at radius 3 is 2.71 bits per heavy atom. The van der Waals surface area contributed by atoms with E-state index in [0.29, 0.717) is 6.02 Å². The van der Waals surface area contributed by atoms with E-state index in [4.69, 9.17) is 4.84 Å². The Labute approximate surface area is 100 Å². The van der Waals surface area contributed by atoms with Gasteiger partial charge in [0.1, 0.15) is 7.05 Å². The van der Waals surface area contributed by atoms with Gasteiger partial charge in [0.15, 0.2) is 5.69 Å². The van der Waals surface area contributed by atoms with Crippen LogP contribution in [0, 0.1) is 0 Å². The fourth-order valence-electron chi connectivity index (χ4n) is 1.67. The highest BCUT2D eigenvalue weighted by Gasteiger charge is 2.40. The number of nitrogens with zero attached hydrogens (tertiary/aromatic N) is 4. The summed E-state index contributed by atoms with van der Waals surface area (Å²) in [5.41, 5.74) is 1.76. The smallest absolute Gasteiger partial charge is 0.240 e. The molecule has 0 spiro atoms. The lowest BCUT2D eigenvalue weighted by molar-refractivity contribution is -0.481. The number of rotatable bonds is 1. The highest BCUT2D eigenvalue weighted by molar-refractivity contribution is 5.71. The quantitative estimate of drug-likeness (QED) is 0.346.